The van der Waals surface area contributed by atoms with Gasteiger partial charge in [0.15, 0.2) is 0 Å². The molecule has 0 fully saturated rings. The van der Waals surface area contributed by atoms with Gasteiger partial charge in [0.05, 0.1) is 24.5 Å². The van der Waals surface area contributed by atoms with E-state index in [0.29, 0.717) is 0 Å². The van der Waals surface area contributed by atoms with E-state index in [-0.39, 0.29) is 6.04 Å². The van der Waals surface area contributed by atoms with Crippen molar-refractivity contribution in [1.82, 2.24) is 9.97 Å². The van der Waals surface area contributed by atoms with Gasteiger partial charge in [-0.15, -0.1) is 0 Å². The molecule has 1 atom stereocenters. The summed E-state index contributed by atoms with van der Waals surface area (Å²) in [5, 5.41) is 3.48. The SMILES string of the molecule is COc1ccccc1C(Nc1ccc(Br)c(C)n1)c1ccccn1. The molecule has 0 saturated heterocycles. The maximum atomic E-state index is 5.53. The molecule has 24 heavy (non-hydrogen) atoms. The van der Waals surface area contributed by atoms with Crippen molar-refractivity contribution < 1.29 is 4.74 Å². The van der Waals surface area contributed by atoms with E-state index in [2.05, 4.69) is 31.2 Å². The number of ether oxygens (including phenoxy) is 1. The van der Waals surface area contributed by atoms with E-state index in [1.54, 1.807) is 13.3 Å². The fraction of sp³-hybridized carbons (Fsp3) is 0.158. The van der Waals surface area contributed by atoms with Gasteiger partial charge in [-0.2, -0.15) is 0 Å². The first-order chi connectivity index (χ1) is 11.7. The Kier molecular flexibility index (Phi) is 5.11. The zero-order valence-corrected chi connectivity index (χ0v) is 15.1. The van der Waals surface area contributed by atoms with Crippen LogP contribution in [0.5, 0.6) is 5.75 Å². The van der Waals surface area contributed by atoms with Gasteiger partial charge in [0.25, 0.3) is 0 Å². The molecule has 2 aromatic heterocycles. The Labute approximate surface area is 150 Å². The van der Waals surface area contributed by atoms with Crippen LogP contribution in [-0.2, 0) is 0 Å². The van der Waals surface area contributed by atoms with Crippen LogP contribution in [0, 0.1) is 6.92 Å². The van der Waals surface area contributed by atoms with Gasteiger partial charge >= 0.3 is 0 Å². The molecule has 122 valence electrons. The molecule has 1 aromatic carbocycles. The van der Waals surface area contributed by atoms with Crippen molar-refractivity contribution in [3.63, 3.8) is 0 Å². The number of pyridine rings is 2. The molecule has 5 heteroatoms. The van der Waals surface area contributed by atoms with E-state index in [1.807, 2.05) is 61.5 Å². The minimum absolute atomic E-state index is 0.157. The van der Waals surface area contributed by atoms with Gasteiger partial charge in [-0.25, -0.2) is 4.98 Å². The van der Waals surface area contributed by atoms with Crippen molar-refractivity contribution in [3.05, 3.63) is 82.2 Å². The third kappa shape index (κ3) is 3.57. The van der Waals surface area contributed by atoms with Crippen molar-refractivity contribution in [2.75, 3.05) is 12.4 Å². The van der Waals surface area contributed by atoms with Crippen LogP contribution in [0.3, 0.4) is 0 Å². The Morgan fingerprint density at radius 2 is 1.83 bits per heavy atom. The lowest BCUT2D eigenvalue weighted by Gasteiger charge is -2.21. The molecular formula is C19H18BrN3O. The summed E-state index contributed by atoms with van der Waals surface area (Å²) in [6, 6.07) is 17.6. The molecule has 4 nitrogen and oxygen atoms in total. The first-order valence-electron chi connectivity index (χ1n) is 7.62. The van der Waals surface area contributed by atoms with Crippen molar-refractivity contribution in [1.29, 1.82) is 0 Å². The smallest absolute Gasteiger partial charge is 0.127 e. The third-order valence-corrected chi connectivity index (χ3v) is 4.59. The Morgan fingerprint density at radius 3 is 2.54 bits per heavy atom. The number of anilines is 1. The molecule has 0 bridgehead atoms. The van der Waals surface area contributed by atoms with Crippen LogP contribution in [0.4, 0.5) is 5.82 Å². The lowest BCUT2D eigenvalue weighted by Crippen LogP contribution is -2.15. The monoisotopic (exact) mass is 383 g/mol. The second-order valence-electron chi connectivity index (χ2n) is 5.34. The minimum atomic E-state index is -0.157. The van der Waals surface area contributed by atoms with E-state index < -0.39 is 0 Å². The fourth-order valence-corrected chi connectivity index (χ4v) is 2.76. The van der Waals surface area contributed by atoms with Gasteiger partial charge in [-0.3, -0.25) is 4.98 Å². The topological polar surface area (TPSA) is 47.0 Å². The number of hydrogen-bond donors (Lipinski definition) is 1. The van der Waals surface area contributed by atoms with E-state index in [4.69, 9.17) is 4.74 Å². The number of halogens is 1. The van der Waals surface area contributed by atoms with Crippen LogP contribution < -0.4 is 10.1 Å². The van der Waals surface area contributed by atoms with Crippen molar-refractivity contribution in [3.8, 4) is 5.75 Å². The summed E-state index contributed by atoms with van der Waals surface area (Å²) in [7, 11) is 1.68. The molecule has 1 unspecified atom stereocenters. The molecule has 3 rings (SSSR count). The second kappa shape index (κ2) is 7.45. The molecule has 3 aromatic rings. The Morgan fingerprint density at radius 1 is 1.04 bits per heavy atom. The van der Waals surface area contributed by atoms with Crippen molar-refractivity contribution in [2.24, 2.45) is 0 Å². The standard InChI is InChI=1S/C19H18BrN3O/c1-13-15(20)10-11-18(22-13)23-19(16-8-5-6-12-21-16)14-7-3-4-9-17(14)24-2/h3-12,19H,1-2H3,(H,22,23). The molecule has 0 aliphatic rings. The molecule has 0 saturated carbocycles. The largest absolute Gasteiger partial charge is 0.496 e. The normalized spacial score (nSPS) is 11.8. The van der Waals surface area contributed by atoms with Crippen LogP contribution in [-0.4, -0.2) is 17.1 Å². The number of para-hydroxylation sites is 1. The number of benzene rings is 1. The van der Waals surface area contributed by atoms with Crippen molar-refractivity contribution >= 4 is 21.7 Å². The summed E-state index contributed by atoms with van der Waals surface area (Å²) >= 11 is 3.49. The van der Waals surface area contributed by atoms with E-state index >= 15 is 0 Å². The predicted octanol–water partition coefficient (Wildman–Crippen LogP) is 4.76. The highest BCUT2D eigenvalue weighted by Gasteiger charge is 2.19. The summed E-state index contributed by atoms with van der Waals surface area (Å²) in [6.07, 6.45) is 1.79. The highest BCUT2D eigenvalue weighted by Crippen LogP contribution is 2.31. The third-order valence-electron chi connectivity index (χ3n) is 3.75. The van der Waals surface area contributed by atoms with Crippen LogP contribution in [0.15, 0.2) is 65.3 Å². The maximum absolute atomic E-state index is 5.53. The number of aryl methyl sites for hydroxylation is 1. The van der Waals surface area contributed by atoms with E-state index in [1.165, 1.54) is 0 Å². The van der Waals surface area contributed by atoms with Crippen LogP contribution in [0.25, 0.3) is 0 Å². The zero-order valence-electron chi connectivity index (χ0n) is 13.5. The molecule has 0 aliphatic heterocycles. The maximum Gasteiger partial charge on any atom is 0.127 e. The Hall–Kier alpha value is -2.40. The molecule has 1 N–H and O–H groups in total. The second-order valence-corrected chi connectivity index (χ2v) is 6.19. The Balaban J connectivity index is 2.04. The average Bonchev–Trinajstić information content (AvgIpc) is 2.63. The number of hydrogen-bond acceptors (Lipinski definition) is 4. The average molecular weight is 384 g/mol. The first-order valence-corrected chi connectivity index (χ1v) is 8.42. The molecule has 2 heterocycles. The van der Waals surface area contributed by atoms with Gasteiger partial charge in [-0.05, 0) is 53.2 Å². The summed E-state index contributed by atoms with van der Waals surface area (Å²) in [5.41, 5.74) is 2.85. The first kappa shape index (κ1) is 16.5. The molecule has 0 aliphatic carbocycles. The van der Waals surface area contributed by atoms with E-state index in [0.717, 1.165) is 33.0 Å². The van der Waals surface area contributed by atoms with Crippen LogP contribution in [0.1, 0.15) is 23.0 Å². The predicted molar refractivity (Wildman–Crippen MR) is 99.4 cm³/mol. The fourth-order valence-electron chi connectivity index (χ4n) is 2.53. The minimum Gasteiger partial charge on any atom is -0.496 e. The summed E-state index contributed by atoms with van der Waals surface area (Å²) in [4.78, 5) is 9.10. The highest BCUT2D eigenvalue weighted by molar-refractivity contribution is 9.10. The quantitative estimate of drug-likeness (QED) is 0.689. The Bertz CT molecular complexity index is 824. The number of methoxy groups -OCH3 is 1. The number of rotatable bonds is 5. The zero-order chi connectivity index (χ0) is 16.9. The van der Waals surface area contributed by atoms with Gasteiger partial charge in [-0.1, -0.05) is 24.3 Å². The lowest BCUT2D eigenvalue weighted by atomic mass is 10.0. The summed E-state index contributed by atoms with van der Waals surface area (Å²) < 4.78 is 6.52. The molecular weight excluding hydrogens is 366 g/mol. The molecule has 0 amide bonds. The highest BCUT2D eigenvalue weighted by atomic mass is 79.9. The number of aromatic nitrogens is 2. The van der Waals surface area contributed by atoms with Crippen LogP contribution in [0.2, 0.25) is 0 Å². The van der Waals surface area contributed by atoms with Gasteiger partial charge < -0.3 is 10.1 Å². The molecule has 0 radical (unpaired) electrons. The number of nitrogens with one attached hydrogen (secondary N) is 1. The molecule has 0 spiro atoms. The van der Waals surface area contributed by atoms with Gasteiger partial charge in [0, 0.05) is 16.2 Å². The van der Waals surface area contributed by atoms with Crippen molar-refractivity contribution in [2.45, 2.75) is 13.0 Å². The number of nitrogens with zero attached hydrogens (tertiary/aromatic N) is 2. The van der Waals surface area contributed by atoms with Gasteiger partial charge in [0.1, 0.15) is 11.6 Å². The van der Waals surface area contributed by atoms with E-state index in [9.17, 15) is 0 Å². The lowest BCUT2D eigenvalue weighted by molar-refractivity contribution is 0.408. The van der Waals surface area contributed by atoms with Gasteiger partial charge in [0.2, 0.25) is 0 Å². The summed E-state index contributed by atoms with van der Waals surface area (Å²) in [6.45, 7) is 1.97. The van der Waals surface area contributed by atoms with Crippen LogP contribution >= 0.6 is 15.9 Å². The summed E-state index contributed by atoms with van der Waals surface area (Å²) in [5.74, 6) is 1.60.